The maximum absolute atomic E-state index is 13.2. The zero-order valence-corrected chi connectivity index (χ0v) is 15.5. The van der Waals surface area contributed by atoms with Crippen molar-refractivity contribution in [3.8, 4) is 11.4 Å². The van der Waals surface area contributed by atoms with Crippen LogP contribution >= 0.6 is 0 Å². The first kappa shape index (κ1) is 17.2. The number of benzene rings is 2. The summed E-state index contributed by atoms with van der Waals surface area (Å²) in [6.07, 6.45) is 0. The van der Waals surface area contributed by atoms with E-state index in [1.807, 2.05) is 29.2 Å². The largest absolute Gasteiger partial charge is 0.368 e. The zero-order valence-electron chi connectivity index (χ0n) is 15.5. The van der Waals surface area contributed by atoms with Crippen LogP contribution in [0.4, 0.5) is 5.69 Å². The van der Waals surface area contributed by atoms with Crippen molar-refractivity contribution >= 4 is 11.6 Å². The van der Waals surface area contributed by atoms with E-state index in [2.05, 4.69) is 63.6 Å². The van der Waals surface area contributed by atoms with E-state index in [0.717, 1.165) is 13.1 Å². The number of anilines is 1. The molecule has 0 unspecified atom stereocenters. The SMILES string of the molecule is Cc1ccc(N2CCN(C(=O)c3ccccc3-c3nn[nH]n3)[C@@H](C)C2)cc1. The van der Waals surface area contributed by atoms with Crippen molar-refractivity contribution in [3.63, 3.8) is 0 Å². The standard InChI is InChI=1S/C20H22N6O/c1-14-7-9-16(10-8-14)25-11-12-26(15(2)13-25)20(27)18-6-4-3-5-17(18)19-21-23-24-22-19/h3-10,15H,11-13H2,1-2H3,(H,21,22,23,24)/t15-/m0/s1. The minimum absolute atomic E-state index is 0.00598. The summed E-state index contributed by atoms with van der Waals surface area (Å²) in [6.45, 7) is 6.47. The fourth-order valence-electron chi connectivity index (χ4n) is 3.54. The quantitative estimate of drug-likeness (QED) is 0.775. The fraction of sp³-hybridized carbons (Fsp3) is 0.300. The summed E-state index contributed by atoms with van der Waals surface area (Å²) in [5.74, 6) is 0.441. The second-order valence-electron chi connectivity index (χ2n) is 6.91. The van der Waals surface area contributed by atoms with Gasteiger partial charge in [-0.15, -0.1) is 10.2 Å². The highest BCUT2D eigenvalue weighted by molar-refractivity contribution is 6.00. The van der Waals surface area contributed by atoms with E-state index in [4.69, 9.17) is 0 Å². The van der Waals surface area contributed by atoms with Gasteiger partial charge in [0.2, 0.25) is 5.82 Å². The molecule has 1 aliphatic heterocycles. The maximum atomic E-state index is 13.2. The molecule has 2 heterocycles. The van der Waals surface area contributed by atoms with Gasteiger partial charge in [-0.2, -0.15) is 5.21 Å². The topological polar surface area (TPSA) is 78.0 Å². The van der Waals surface area contributed by atoms with Gasteiger partial charge in [-0.1, -0.05) is 35.9 Å². The number of hydrogen-bond donors (Lipinski definition) is 1. The first-order valence-electron chi connectivity index (χ1n) is 9.09. The van der Waals surface area contributed by atoms with Crippen LogP contribution in [0, 0.1) is 6.92 Å². The van der Waals surface area contributed by atoms with E-state index in [9.17, 15) is 4.79 Å². The lowest BCUT2D eigenvalue weighted by Crippen LogP contribution is -2.54. The Kier molecular flexibility index (Phi) is 4.58. The molecular weight excluding hydrogens is 340 g/mol. The van der Waals surface area contributed by atoms with E-state index in [1.54, 1.807) is 0 Å². The van der Waals surface area contributed by atoms with Crippen molar-refractivity contribution in [2.75, 3.05) is 24.5 Å². The molecule has 1 aliphatic rings. The number of aromatic amines is 1. The van der Waals surface area contributed by atoms with Crippen LogP contribution in [-0.4, -0.2) is 57.1 Å². The molecule has 138 valence electrons. The highest BCUT2D eigenvalue weighted by Crippen LogP contribution is 2.24. The second kappa shape index (κ2) is 7.19. The van der Waals surface area contributed by atoms with E-state index in [1.165, 1.54) is 11.3 Å². The van der Waals surface area contributed by atoms with Crippen molar-refractivity contribution in [1.29, 1.82) is 0 Å². The number of tetrazole rings is 1. The van der Waals surface area contributed by atoms with Gasteiger partial charge >= 0.3 is 0 Å². The van der Waals surface area contributed by atoms with E-state index >= 15 is 0 Å². The number of amides is 1. The smallest absolute Gasteiger partial charge is 0.254 e. The Morgan fingerprint density at radius 3 is 2.59 bits per heavy atom. The molecule has 1 atom stereocenters. The van der Waals surface area contributed by atoms with Crippen LogP contribution in [0.1, 0.15) is 22.8 Å². The van der Waals surface area contributed by atoms with Gasteiger partial charge < -0.3 is 9.80 Å². The highest BCUT2D eigenvalue weighted by atomic mass is 16.2. The molecule has 1 aromatic heterocycles. The van der Waals surface area contributed by atoms with Crippen molar-refractivity contribution in [3.05, 3.63) is 59.7 Å². The number of piperazine rings is 1. The minimum Gasteiger partial charge on any atom is -0.368 e. The Morgan fingerprint density at radius 2 is 1.89 bits per heavy atom. The van der Waals surface area contributed by atoms with Crippen molar-refractivity contribution in [1.82, 2.24) is 25.5 Å². The maximum Gasteiger partial charge on any atom is 0.254 e. The number of carbonyl (C=O) groups is 1. The Balaban J connectivity index is 1.54. The van der Waals surface area contributed by atoms with Crippen molar-refractivity contribution in [2.45, 2.75) is 19.9 Å². The second-order valence-corrected chi connectivity index (χ2v) is 6.91. The number of carbonyl (C=O) groups excluding carboxylic acids is 1. The molecule has 7 heteroatoms. The molecule has 0 saturated carbocycles. The first-order chi connectivity index (χ1) is 13.1. The molecule has 1 saturated heterocycles. The van der Waals surface area contributed by atoms with Crippen LogP contribution in [0.5, 0.6) is 0 Å². The van der Waals surface area contributed by atoms with Crippen molar-refractivity contribution in [2.24, 2.45) is 0 Å². The summed E-state index contributed by atoms with van der Waals surface area (Å²) in [4.78, 5) is 17.5. The lowest BCUT2D eigenvalue weighted by Gasteiger charge is -2.41. The lowest BCUT2D eigenvalue weighted by atomic mass is 10.0. The van der Waals surface area contributed by atoms with Crippen LogP contribution in [0.15, 0.2) is 48.5 Å². The summed E-state index contributed by atoms with van der Waals surface area (Å²) in [5.41, 5.74) is 3.75. The fourth-order valence-corrected chi connectivity index (χ4v) is 3.54. The van der Waals surface area contributed by atoms with Crippen molar-refractivity contribution < 1.29 is 4.79 Å². The molecule has 1 amide bonds. The Morgan fingerprint density at radius 1 is 1.11 bits per heavy atom. The Bertz CT molecular complexity index is 922. The summed E-state index contributed by atoms with van der Waals surface area (Å²) in [5, 5.41) is 14.1. The summed E-state index contributed by atoms with van der Waals surface area (Å²) in [6, 6.07) is 16.1. The highest BCUT2D eigenvalue weighted by Gasteiger charge is 2.29. The third kappa shape index (κ3) is 3.40. The van der Waals surface area contributed by atoms with Crippen LogP contribution in [0.3, 0.4) is 0 Å². The molecule has 4 rings (SSSR count). The molecule has 0 bridgehead atoms. The third-order valence-corrected chi connectivity index (χ3v) is 5.03. The Hall–Kier alpha value is -3.22. The molecule has 7 nitrogen and oxygen atoms in total. The summed E-state index contributed by atoms with van der Waals surface area (Å²) < 4.78 is 0. The van der Waals surface area contributed by atoms with Crippen LogP contribution in [-0.2, 0) is 0 Å². The first-order valence-corrected chi connectivity index (χ1v) is 9.09. The summed E-state index contributed by atoms with van der Waals surface area (Å²) >= 11 is 0. The molecule has 0 spiro atoms. The number of nitrogens with zero attached hydrogens (tertiary/aromatic N) is 5. The number of rotatable bonds is 3. The molecule has 0 radical (unpaired) electrons. The Labute approximate surface area is 158 Å². The van der Waals surface area contributed by atoms with Gasteiger partial charge in [0.25, 0.3) is 5.91 Å². The van der Waals surface area contributed by atoms with Gasteiger partial charge in [0.15, 0.2) is 0 Å². The van der Waals surface area contributed by atoms with Gasteiger partial charge in [0.1, 0.15) is 0 Å². The van der Waals surface area contributed by atoms with Gasteiger partial charge in [-0.25, -0.2) is 0 Å². The normalized spacial score (nSPS) is 17.2. The molecule has 1 fully saturated rings. The van der Waals surface area contributed by atoms with E-state index in [0.29, 0.717) is 23.5 Å². The number of aryl methyl sites for hydroxylation is 1. The van der Waals surface area contributed by atoms with Gasteiger partial charge in [0, 0.05) is 36.9 Å². The predicted octanol–water partition coefficient (Wildman–Crippen LogP) is 2.53. The third-order valence-electron chi connectivity index (χ3n) is 5.03. The van der Waals surface area contributed by atoms with Crippen LogP contribution in [0.2, 0.25) is 0 Å². The molecular formula is C20H22N6O. The van der Waals surface area contributed by atoms with E-state index < -0.39 is 0 Å². The average Bonchev–Trinajstić information content (AvgIpc) is 3.23. The van der Waals surface area contributed by atoms with Crippen LogP contribution < -0.4 is 4.90 Å². The number of nitrogens with one attached hydrogen (secondary N) is 1. The number of aromatic nitrogens is 4. The van der Waals surface area contributed by atoms with Gasteiger partial charge in [0.05, 0.1) is 5.56 Å². The molecule has 2 aromatic carbocycles. The van der Waals surface area contributed by atoms with Crippen LogP contribution in [0.25, 0.3) is 11.4 Å². The van der Waals surface area contributed by atoms with Gasteiger partial charge in [-0.05, 0) is 37.3 Å². The number of hydrogen-bond acceptors (Lipinski definition) is 5. The minimum atomic E-state index is 0.00598. The molecule has 1 N–H and O–H groups in total. The van der Waals surface area contributed by atoms with Gasteiger partial charge in [-0.3, -0.25) is 4.79 Å². The molecule has 0 aliphatic carbocycles. The average molecular weight is 362 g/mol. The monoisotopic (exact) mass is 362 g/mol. The van der Waals surface area contributed by atoms with E-state index in [-0.39, 0.29) is 11.9 Å². The number of H-pyrrole nitrogens is 1. The predicted molar refractivity (Wildman–Crippen MR) is 104 cm³/mol. The molecule has 3 aromatic rings. The lowest BCUT2D eigenvalue weighted by molar-refractivity contribution is 0.0675. The summed E-state index contributed by atoms with van der Waals surface area (Å²) in [7, 11) is 0. The molecule has 27 heavy (non-hydrogen) atoms. The zero-order chi connectivity index (χ0) is 18.8.